The monoisotopic (exact) mass is 396 g/mol. The zero-order valence-corrected chi connectivity index (χ0v) is 14.9. The van der Waals surface area contributed by atoms with Crippen molar-refractivity contribution in [2.24, 2.45) is 11.8 Å². The van der Waals surface area contributed by atoms with Crippen LogP contribution in [0.15, 0.2) is 24.3 Å². The highest BCUT2D eigenvalue weighted by Crippen LogP contribution is 2.38. The van der Waals surface area contributed by atoms with Crippen LogP contribution >= 0.6 is 12.4 Å². The topological polar surface area (TPSA) is 78.9 Å². The Morgan fingerprint density at radius 2 is 1.92 bits per heavy atom. The van der Waals surface area contributed by atoms with E-state index in [0.717, 1.165) is 0 Å². The Bertz CT molecular complexity index is 657. The van der Waals surface area contributed by atoms with Gasteiger partial charge in [-0.2, -0.15) is 13.2 Å². The number of amides is 1. The second-order valence-electron chi connectivity index (χ2n) is 5.91. The smallest absolute Gasteiger partial charge is 0.393 e. The minimum atomic E-state index is -4.63. The van der Waals surface area contributed by atoms with E-state index in [2.05, 4.69) is 5.32 Å². The van der Waals surface area contributed by atoms with E-state index in [1.54, 1.807) is 24.3 Å². The summed E-state index contributed by atoms with van der Waals surface area (Å²) in [5, 5.41) is 11.6. The lowest BCUT2D eigenvalue weighted by atomic mass is 9.96. The van der Waals surface area contributed by atoms with Crippen molar-refractivity contribution in [3.8, 4) is 5.75 Å². The standard InChI is InChI=1S/C16H19F3N2O4.ClH/c1-9(14(22)20-12-5-3-4-6-13(12)25-2)21-7-10(15(23)24)11(8-21)16(17,18)19;/h3-6,9-11H,7-8H2,1-2H3,(H,20,22)(H,23,24);1H/t9?,10-,11-;/m1./s1. The summed E-state index contributed by atoms with van der Waals surface area (Å²) in [5.74, 6) is -5.20. The third-order valence-corrected chi connectivity index (χ3v) is 4.38. The number of rotatable bonds is 5. The van der Waals surface area contributed by atoms with Crippen LogP contribution in [-0.2, 0) is 9.59 Å². The van der Waals surface area contributed by atoms with E-state index in [-0.39, 0.29) is 19.0 Å². The van der Waals surface area contributed by atoms with Gasteiger partial charge in [-0.3, -0.25) is 14.5 Å². The van der Waals surface area contributed by atoms with Gasteiger partial charge in [0, 0.05) is 13.1 Å². The Hall–Kier alpha value is -2.00. The quantitative estimate of drug-likeness (QED) is 0.800. The van der Waals surface area contributed by atoms with Gasteiger partial charge in [0.15, 0.2) is 0 Å². The molecule has 2 N–H and O–H groups in total. The van der Waals surface area contributed by atoms with Gasteiger partial charge in [-0.15, -0.1) is 12.4 Å². The summed E-state index contributed by atoms with van der Waals surface area (Å²) in [4.78, 5) is 24.7. The Morgan fingerprint density at radius 3 is 2.42 bits per heavy atom. The number of hydrogen-bond acceptors (Lipinski definition) is 4. The molecule has 6 nitrogen and oxygen atoms in total. The van der Waals surface area contributed by atoms with Gasteiger partial charge in [-0.05, 0) is 19.1 Å². The van der Waals surface area contributed by atoms with Crippen molar-refractivity contribution in [1.29, 1.82) is 0 Å². The molecule has 1 fully saturated rings. The first-order valence-corrected chi connectivity index (χ1v) is 7.62. The maximum absolute atomic E-state index is 13.0. The van der Waals surface area contributed by atoms with Crippen LogP contribution in [0.4, 0.5) is 18.9 Å². The van der Waals surface area contributed by atoms with Gasteiger partial charge in [0.05, 0.1) is 30.7 Å². The average molecular weight is 397 g/mol. The van der Waals surface area contributed by atoms with Crippen molar-refractivity contribution in [1.82, 2.24) is 4.90 Å². The third kappa shape index (κ3) is 4.79. The van der Waals surface area contributed by atoms with Gasteiger partial charge in [-0.25, -0.2) is 0 Å². The highest BCUT2D eigenvalue weighted by atomic mass is 35.5. The van der Waals surface area contributed by atoms with E-state index in [4.69, 9.17) is 9.84 Å². The predicted octanol–water partition coefficient (Wildman–Crippen LogP) is 2.64. The first-order chi connectivity index (χ1) is 11.6. The molecule has 3 atom stereocenters. The number of carboxylic acid groups (broad SMARTS) is 1. The Labute approximate surface area is 154 Å². The van der Waals surface area contributed by atoms with E-state index < -0.39 is 42.5 Å². The number of halogens is 4. The number of para-hydroxylation sites is 2. The first-order valence-electron chi connectivity index (χ1n) is 7.62. The molecule has 1 saturated heterocycles. The fourth-order valence-electron chi connectivity index (χ4n) is 2.88. The predicted molar refractivity (Wildman–Crippen MR) is 90.6 cm³/mol. The van der Waals surface area contributed by atoms with Crippen molar-refractivity contribution >= 4 is 30.0 Å². The molecular weight excluding hydrogens is 377 g/mol. The fourth-order valence-corrected chi connectivity index (χ4v) is 2.88. The molecule has 146 valence electrons. The van der Waals surface area contributed by atoms with Gasteiger partial charge in [-0.1, -0.05) is 12.1 Å². The highest BCUT2D eigenvalue weighted by Gasteiger charge is 2.53. The molecule has 1 aliphatic rings. The van der Waals surface area contributed by atoms with Crippen LogP contribution in [0.5, 0.6) is 5.75 Å². The van der Waals surface area contributed by atoms with E-state index in [1.807, 2.05) is 0 Å². The number of alkyl halides is 3. The maximum atomic E-state index is 13.0. The molecule has 2 rings (SSSR count). The molecule has 1 heterocycles. The van der Waals surface area contributed by atoms with E-state index in [0.29, 0.717) is 11.4 Å². The number of aliphatic carboxylic acids is 1. The highest BCUT2D eigenvalue weighted by molar-refractivity contribution is 5.95. The number of nitrogens with zero attached hydrogens (tertiary/aromatic N) is 1. The fraction of sp³-hybridized carbons (Fsp3) is 0.500. The normalized spacial score (nSPS) is 21.6. The number of carbonyl (C=O) groups excluding carboxylic acids is 1. The lowest BCUT2D eigenvalue weighted by molar-refractivity contribution is -0.188. The summed E-state index contributed by atoms with van der Waals surface area (Å²) in [5.41, 5.74) is 0.392. The zero-order valence-electron chi connectivity index (χ0n) is 14.1. The second kappa shape index (κ2) is 8.59. The molecule has 0 bridgehead atoms. The average Bonchev–Trinajstić information content (AvgIpc) is 3.00. The molecule has 10 heteroatoms. The number of ether oxygens (including phenoxy) is 1. The summed E-state index contributed by atoms with van der Waals surface area (Å²) >= 11 is 0. The number of methoxy groups -OCH3 is 1. The molecule has 1 unspecified atom stereocenters. The van der Waals surface area contributed by atoms with Crippen molar-refractivity contribution in [3.05, 3.63) is 24.3 Å². The van der Waals surface area contributed by atoms with E-state index in [1.165, 1.54) is 18.9 Å². The maximum Gasteiger partial charge on any atom is 0.393 e. The zero-order chi connectivity index (χ0) is 18.8. The van der Waals surface area contributed by atoms with Crippen LogP contribution in [-0.4, -0.2) is 54.3 Å². The van der Waals surface area contributed by atoms with Crippen LogP contribution in [0.2, 0.25) is 0 Å². The first kappa shape index (κ1) is 22.0. The summed E-state index contributed by atoms with van der Waals surface area (Å²) in [7, 11) is 1.43. The molecule has 1 aliphatic heterocycles. The molecule has 1 amide bonds. The number of hydrogen-bond donors (Lipinski definition) is 2. The number of likely N-dealkylation sites (tertiary alicyclic amines) is 1. The lowest BCUT2D eigenvalue weighted by Crippen LogP contribution is -2.41. The van der Waals surface area contributed by atoms with Crippen molar-refractivity contribution < 1.29 is 32.6 Å². The molecule has 26 heavy (non-hydrogen) atoms. The summed E-state index contributed by atoms with van der Waals surface area (Å²) in [6, 6.07) is 5.71. The van der Waals surface area contributed by atoms with Gasteiger partial charge >= 0.3 is 12.1 Å². The number of benzene rings is 1. The van der Waals surface area contributed by atoms with Crippen LogP contribution in [0.1, 0.15) is 6.92 Å². The van der Waals surface area contributed by atoms with Crippen LogP contribution in [0, 0.1) is 11.8 Å². The molecule has 0 saturated carbocycles. The van der Waals surface area contributed by atoms with Crippen molar-refractivity contribution in [2.75, 3.05) is 25.5 Å². The second-order valence-corrected chi connectivity index (χ2v) is 5.91. The molecular formula is C16H20ClF3N2O4. The van der Waals surface area contributed by atoms with E-state index in [9.17, 15) is 22.8 Å². The molecule has 1 aromatic rings. The summed E-state index contributed by atoms with van der Waals surface area (Å²) < 4.78 is 44.2. The van der Waals surface area contributed by atoms with Crippen LogP contribution in [0.25, 0.3) is 0 Å². The summed E-state index contributed by atoms with van der Waals surface area (Å²) in [6.07, 6.45) is -4.63. The van der Waals surface area contributed by atoms with Gasteiger partial charge < -0.3 is 15.2 Å². The number of carbonyl (C=O) groups is 2. The molecule has 1 aromatic carbocycles. The van der Waals surface area contributed by atoms with Gasteiger partial charge in [0.25, 0.3) is 0 Å². The lowest BCUT2D eigenvalue weighted by Gasteiger charge is -2.24. The number of anilines is 1. The third-order valence-electron chi connectivity index (χ3n) is 4.38. The molecule has 0 radical (unpaired) electrons. The van der Waals surface area contributed by atoms with Crippen LogP contribution in [0.3, 0.4) is 0 Å². The minimum Gasteiger partial charge on any atom is -0.495 e. The minimum absolute atomic E-state index is 0. The van der Waals surface area contributed by atoms with Gasteiger partial charge in [0.1, 0.15) is 5.75 Å². The SMILES string of the molecule is COc1ccccc1NC(=O)C(C)N1C[C@@H](C(F)(F)F)[C@H](C(=O)O)C1.Cl. The van der Waals surface area contributed by atoms with Gasteiger partial charge in [0.2, 0.25) is 5.91 Å². The van der Waals surface area contributed by atoms with Crippen molar-refractivity contribution in [2.45, 2.75) is 19.1 Å². The molecule has 0 aromatic heterocycles. The number of nitrogens with one attached hydrogen (secondary N) is 1. The Morgan fingerprint density at radius 1 is 1.31 bits per heavy atom. The number of carboxylic acids is 1. The summed E-state index contributed by atoms with van der Waals surface area (Å²) in [6.45, 7) is 0.587. The van der Waals surface area contributed by atoms with E-state index >= 15 is 0 Å². The molecule has 0 aliphatic carbocycles. The molecule has 0 spiro atoms. The van der Waals surface area contributed by atoms with Crippen molar-refractivity contribution in [3.63, 3.8) is 0 Å². The Kier molecular flexibility index (Phi) is 7.28. The van der Waals surface area contributed by atoms with Crippen LogP contribution < -0.4 is 10.1 Å². The Balaban J connectivity index is 0.00000338. The largest absolute Gasteiger partial charge is 0.495 e.